The predicted octanol–water partition coefficient (Wildman–Crippen LogP) is 2.97. The van der Waals surface area contributed by atoms with Gasteiger partial charge in [0.05, 0.1) is 5.56 Å². The summed E-state index contributed by atoms with van der Waals surface area (Å²) in [5.41, 5.74) is 2.69. The molecule has 4 heteroatoms. The number of phenolic OH excluding ortho intramolecular Hbond substituents is 2. The zero-order chi connectivity index (χ0) is 14.0. The number of para-hydroxylation sites is 1. The van der Waals surface area contributed by atoms with Crippen molar-refractivity contribution in [1.29, 1.82) is 0 Å². The smallest absolute Gasteiger partial charge is 0.259 e. The van der Waals surface area contributed by atoms with E-state index in [1.165, 1.54) is 18.2 Å². The van der Waals surface area contributed by atoms with Crippen molar-refractivity contribution in [3.8, 4) is 11.5 Å². The van der Waals surface area contributed by atoms with Gasteiger partial charge >= 0.3 is 0 Å². The highest BCUT2D eigenvalue weighted by molar-refractivity contribution is 6.06. The van der Waals surface area contributed by atoms with Gasteiger partial charge in [-0.2, -0.15) is 0 Å². The van der Waals surface area contributed by atoms with Gasteiger partial charge in [-0.3, -0.25) is 4.79 Å². The van der Waals surface area contributed by atoms with Crippen molar-refractivity contribution in [2.45, 2.75) is 13.8 Å². The second kappa shape index (κ2) is 5.02. The van der Waals surface area contributed by atoms with Crippen molar-refractivity contribution in [2.24, 2.45) is 0 Å². The topological polar surface area (TPSA) is 69.6 Å². The molecule has 0 radical (unpaired) electrons. The maximum atomic E-state index is 12.1. The fourth-order valence-corrected chi connectivity index (χ4v) is 1.77. The molecule has 0 aliphatic carbocycles. The molecular formula is C15H15NO3. The molecule has 0 heterocycles. The van der Waals surface area contributed by atoms with Crippen molar-refractivity contribution >= 4 is 11.6 Å². The van der Waals surface area contributed by atoms with Crippen LogP contribution in [0.5, 0.6) is 11.5 Å². The van der Waals surface area contributed by atoms with Crippen LogP contribution in [0.25, 0.3) is 0 Å². The van der Waals surface area contributed by atoms with E-state index in [4.69, 9.17) is 0 Å². The molecule has 2 rings (SSSR count). The van der Waals surface area contributed by atoms with Crippen molar-refractivity contribution in [2.75, 3.05) is 5.32 Å². The number of amides is 1. The van der Waals surface area contributed by atoms with Crippen molar-refractivity contribution in [3.63, 3.8) is 0 Å². The van der Waals surface area contributed by atoms with Crippen LogP contribution in [0.3, 0.4) is 0 Å². The first-order valence-corrected chi connectivity index (χ1v) is 5.88. The van der Waals surface area contributed by atoms with E-state index >= 15 is 0 Å². The quantitative estimate of drug-likeness (QED) is 0.724. The van der Waals surface area contributed by atoms with Crippen LogP contribution in [0.15, 0.2) is 36.4 Å². The van der Waals surface area contributed by atoms with E-state index in [2.05, 4.69) is 5.32 Å². The van der Waals surface area contributed by atoms with Gasteiger partial charge in [-0.05, 0) is 43.2 Å². The highest BCUT2D eigenvalue weighted by atomic mass is 16.3. The lowest BCUT2D eigenvalue weighted by Crippen LogP contribution is -2.13. The van der Waals surface area contributed by atoms with E-state index < -0.39 is 11.7 Å². The van der Waals surface area contributed by atoms with Crippen molar-refractivity contribution in [1.82, 2.24) is 0 Å². The minimum atomic E-state index is -0.456. The highest BCUT2D eigenvalue weighted by Gasteiger charge is 2.14. The Morgan fingerprint density at radius 2 is 1.84 bits per heavy atom. The zero-order valence-electron chi connectivity index (χ0n) is 10.8. The summed E-state index contributed by atoms with van der Waals surface area (Å²) in [6, 6.07) is 10.0. The predicted molar refractivity (Wildman–Crippen MR) is 73.6 cm³/mol. The number of carbonyl (C=O) groups is 1. The normalized spacial score (nSPS) is 10.2. The Morgan fingerprint density at radius 1 is 1.11 bits per heavy atom. The van der Waals surface area contributed by atoms with Gasteiger partial charge < -0.3 is 15.5 Å². The van der Waals surface area contributed by atoms with E-state index in [-0.39, 0.29) is 11.3 Å². The molecule has 0 aromatic heterocycles. The van der Waals surface area contributed by atoms with E-state index in [0.717, 1.165) is 11.1 Å². The standard InChI is InChI=1S/C15H15NO3/c1-9-6-7-10(2)12(8-9)16-15(19)11-4-3-5-13(17)14(11)18/h3-8,17-18H,1-2H3,(H,16,19). The number of aromatic hydroxyl groups is 2. The average Bonchev–Trinajstić information content (AvgIpc) is 2.37. The number of anilines is 1. The summed E-state index contributed by atoms with van der Waals surface area (Å²) in [6.07, 6.45) is 0. The van der Waals surface area contributed by atoms with Crippen LogP contribution in [0.1, 0.15) is 21.5 Å². The molecule has 4 nitrogen and oxygen atoms in total. The van der Waals surface area contributed by atoms with Gasteiger partial charge in [-0.25, -0.2) is 0 Å². The van der Waals surface area contributed by atoms with Crippen molar-refractivity contribution < 1.29 is 15.0 Å². The second-order valence-electron chi connectivity index (χ2n) is 4.45. The largest absolute Gasteiger partial charge is 0.504 e. The van der Waals surface area contributed by atoms with Crippen LogP contribution in [-0.2, 0) is 0 Å². The summed E-state index contributed by atoms with van der Waals surface area (Å²) < 4.78 is 0. The number of rotatable bonds is 2. The molecule has 0 spiro atoms. The Kier molecular flexibility index (Phi) is 3.42. The van der Waals surface area contributed by atoms with Gasteiger partial charge in [-0.1, -0.05) is 18.2 Å². The van der Waals surface area contributed by atoms with Crippen LogP contribution in [0.2, 0.25) is 0 Å². The molecule has 0 unspecified atom stereocenters. The number of phenols is 2. The highest BCUT2D eigenvalue weighted by Crippen LogP contribution is 2.29. The van der Waals surface area contributed by atoms with Gasteiger partial charge in [0.1, 0.15) is 0 Å². The van der Waals surface area contributed by atoms with Crippen LogP contribution < -0.4 is 5.32 Å². The minimum absolute atomic E-state index is 0.0425. The first-order chi connectivity index (χ1) is 8.99. The van der Waals surface area contributed by atoms with E-state index in [0.29, 0.717) is 5.69 Å². The first kappa shape index (κ1) is 13.0. The lowest BCUT2D eigenvalue weighted by molar-refractivity contribution is 0.102. The van der Waals surface area contributed by atoms with Gasteiger partial charge in [0.2, 0.25) is 0 Å². The Labute approximate surface area is 111 Å². The summed E-state index contributed by atoms with van der Waals surface area (Å²) in [7, 11) is 0. The molecule has 1 amide bonds. The average molecular weight is 257 g/mol. The van der Waals surface area contributed by atoms with E-state index in [1.54, 1.807) is 0 Å². The molecule has 0 aliphatic heterocycles. The van der Waals surface area contributed by atoms with Crippen molar-refractivity contribution in [3.05, 3.63) is 53.1 Å². The Balaban J connectivity index is 2.31. The zero-order valence-corrected chi connectivity index (χ0v) is 10.8. The summed E-state index contributed by atoms with van der Waals surface area (Å²) in [4.78, 5) is 12.1. The van der Waals surface area contributed by atoms with Crippen LogP contribution >= 0.6 is 0 Å². The van der Waals surface area contributed by atoms with Gasteiger partial charge in [0.15, 0.2) is 11.5 Å². The van der Waals surface area contributed by atoms with Gasteiger partial charge in [0.25, 0.3) is 5.91 Å². The first-order valence-electron chi connectivity index (χ1n) is 5.88. The molecule has 19 heavy (non-hydrogen) atoms. The molecule has 0 fully saturated rings. The molecule has 0 bridgehead atoms. The number of nitrogens with one attached hydrogen (secondary N) is 1. The molecule has 0 saturated heterocycles. The lowest BCUT2D eigenvalue weighted by atomic mass is 10.1. The fraction of sp³-hybridized carbons (Fsp3) is 0.133. The molecule has 0 saturated carbocycles. The molecule has 0 atom stereocenters. The van der Waals surface area contributed by atoms with Gasteiger partial charge in [-0.15, -0.1) is 0 Å². The number of hydrogen-bond donors (Lipinski definition) is 3. The number of aryl methyl sites for hydroxylation is 2. The summed E-state index contributed by atoms with van der Waals surface area (Å²) in [5.74, 6) is -1.18. The molecule has 0 aliphatic rings. The SMILES string of the molecule is Cc1ccc(C)c(NC(=O)c2cccc(O)c2O)c1. The minimum Gasteiger partial charge on any atom is -0.504 e. The van der Waals surface area contributed by atoms with Gasteiger partial charge in [0, 0.05) is 5.69 Å². The molecule has 2 aromatic carbocycles. The second-order valence-corrected chi connectivity index (χ2v) is 4.45. The third-order valence-corrected chi connectivity index (χ3v) is 2.90. The van der Waals surface area contributed by atoms with E-state index in [1.807, 2.05) is 32.0 Å². The third-order valence-electron chi connectivity index (χ3n) is 2.90. The van der Waals surface area contributed by atoms with Crippen LogP contribution in [-0.4, -0.2) is 16.1 Å². The number of benzene rings is 2. The monoisotopic (exact) mass is 257 g/mol. The Bertz CT molecular complexity index is 635. The van der Waals surface area contributed by atoms with E-state index in [9.17, 15) is 15.0 Å². The molecular weight excluding hydrogens is 242 g/mol. The molecule has 3 N–H and O–H groups in total. The Morgan fingerprint density at radius 3 is 2.58 bits per heavy atom. The fourth-order valence-electron chi connectivity index (χ4n) is 1.77. The summed E-state index contributed by atoms with van der Waals surface area (Å²) in [5, 5.41) is 21.8. The van der Waals surface area contributed by atoms with Crippen LogP contribution in [0, 0.1) is 13.8 Å². The molecule has 98 valence electrons. The lowest BCUT2D eigenvalue weighted by Gasteiger charge is -2.10. The number of carbonyl (C=O) groups excluding carboxylic acids is 1. The third kappa shape index (κ3) is 2.68. The maximum absolute atomic E-state index is 12.1. The maximum Gasteiger partial charge on any atom is 0.259 e. The summed E-state index contributed by atoms with van der Waals surface area (Å²) in [6.45, 7) is 3.82. The Hall–Kier alpha value is -2.49. The summed E-state index contributed by atoms with van der Waals surface area (Å²) >= 11 is 0. The molecule has 2 aromatic rings. The number of hydrogen-bond acceptors (Lipinski definition) is 3. The van der Waals surface area contributed by atoms with Crippen LogP contribution in [0.4, 0.5) is 5.69 Å².